The molecule has 0 aliphatic heterocycles. The highest BCUT2D eigenvalue weighted by Crippen LogP contribution is 2.22. The summed E-state index contributed by atoms with van der Waals surface area (Å²) in [5.41, 5.74) is 7.13. The van der Waals surface area contributed by atoms with Gasteiger partial charge in [-0.1, -0.05) is 0 Å². The van der Waals surface area contributed by atoms with Gasteiger partial charge in [0.25, 0.3) is 0 Å². The first-order valence-electron chi connectivity index (χ1n) is 5.79. The summed E-state index contributed by atoms with van der Waals surface area (Å²) >= 11 is 0. The van der Waals surface area contributed by atoms with Crippen molar-refractivity contribution in [1.82, 2.24) is 14.7 Å². The van der Waals surface area contributed by atoms with Crippen molar-refractivity contribution in [3.05, 3.63) is 18.0 Å². The van der Waals surface area contributed by atoms with E-state index < -0.39 is 0 Å². The van der Waals surface area contributed by atoms with Gasteiger partial charge in [-0.2, -0.15) is 10.4 Å². The zero-order valence-electron chi connectivity index (χ0n) is 11.0. The van der Waals surface area contributed by atoms with Gasteiger partial charge < -0.3 is 5.73 Å². The van der Waals surface area contributed by atoms with E-state index in [2.05, 4.69) is 16.1 Å². The molecule has 0 radical (unpaired) electrons. The molecule has 5 heteroatoms. The molecule has 1 rings (SSSR count). The van der Waals surface area contributed by atoms with Gasteiger partial charge in [0.05, 0.1) is 24.2 Å². The minimum absolute atomic E-state index is 0.00192. The Bertz CT molecular complexity index is 390. The van der Waals surface area contributed by atoms with Crippen molar-refractivity contribution >= 4 is 0 Å². The highest BCUT2D eigenvalue weighted by Gasteiger charge is 2.23. The Morgan fingerprint density at radius 1 is 1.59 bits per heavy atom. The Morgan fingerprint density at radius 2 is 2.24 bits per heavy atom. The zero-order chi connectivity index (χ0) is 13.0. The lowest BCUT2D eigenvalue weighted by Gasteiger charge is -2.30. The standard InChI is InChI=1S/C12H21N5/c1-9(5-13)7-16(3)12(10(2)14)11-6-15-17(4)8-11/h6,8-10,12H,7,14H2,1-4H3. The molecule has 1 aromatic heterocycles. The monoisotopic (exact) mass is 235 g/mol. The van der Waals surface area contributed by atoms with Gasteiger partial charge in [-0.15, -0.1) is 0 Å². The highest BCUT2D eigenvalue weighted by molar-refractivity contribution is 5.13. The summed E-state index contributed by atoms with van der Waals surface area (Å²) in [6.45, 7) is 4.60. The summed E-state index contributed by atoms with van der Waals surface area (Å²) in [5.74, 6) is -0.00192. The van der Waals surface area contributed by atoms with Crippen molar-refractivity contribution < 1.29 is 0 Å². The van der Waals surface area contributed by atoms with Crippen molar-refractivity contribution in [2.75, 3.05) is 13.6 Å². The Morgan fingerprint density at radius 3 is 2.65 bits per heavy atom. The topological polar surface area (TPSA) is 70.9 Å². The predicted molar refractivity (Wildman–Crippen MR) is 67.0 cm³/mol. The molecule has 1 aromatic rings. The maximum Gasteiger partial charge on any atom is 0.0666 e. The quantitative estimate of drug-likeness (QED) is 0.823. The molecule has 0 saturated heterocycles. The Hall–Kier alpha value is -1.38. The Balaban J connectivity index is 2.83. The van der Waals surface area contributed by atoms with Gasteiger partial charge in [0.2, 0.25) is 0 Å². The molecule has 3 atom stereocenters. The van der Waals surface area contributed by atoms with Gasteiger partial charge in [-0.25, -0.2) is 0 Å². The number of nitrogens with zero attached hydrogens (tertiary/aromatic N) is 4. The maximum absolute atomic E-state index is 8.85. The van der Waals surface area contributed by atoms with Crippen molar-refractivity contribution in [2.24, 2.45) is 18.7 Å². The minimum Gasteiger partial charge on any atom is -0.326 e. The normalized spacial score (nSPS) is 16.5. The minimum atomic E-state index is -0.00454. The fourth-order valence-electron chi connectivity index (χ4n) is 2.14. The number of aryl methyl sites for hydroxylation is 1. The van der Waals surface area contributed by atoms with Gasteiger partial charge in [-0.05, 0) is 20.9 Å². The molecule has 2 N–H and O–H groups in total. The second-order valence-electron chi connectivity index (χ2n) is 4.72. The number of rotatable bonds is 5. The van der Waals surface area contributed by atoms with E-state index in [1.54, 1.807) is 4.68 Å². The smallest absolute Gasteiger partial charge is 0.0666 e. The van der Waals surface area contributed by atoms with E-state index in [4.69, 9.17) is 11.0 Å². The van der Waals surface area contributed by atoms with Gasteiger partial charge >= 0.3 is 0 Å². The number of nitriles is 1. The van der Waals surface area contributed by atoms with E-state index in [-0.39, 0.29) is 18.0 Å². The summed E-state index contributed by atoms with van der Waals surface area (Å²) in [6, 6.07) is 2.34. The third-order valence-electron chi connectivity index (χ3n) is 2.82. The lowest BCUT2D eigenvalue weighted by Crippen LogP contribution is -2.39. The van der Waals surface area contributed by atoms with Crippen molar-refractivity contribution in [3.8, 4) is 6.07 Å². The predicted octanol–water partition coefficient (Wildman–Crippen LogP) is 0.900. The van der Waals surface area contributed by atoms with E-state index in [1.807, 2.05) is 40.3 Å². The lowest BCUT2D eigenvalue weighted by molar-refractivity contribution is 0.205. The fourth-order valence-corrected chi connectivity index (χ4v) is 2.14. The van der Waals surface area contributed by atoms with E-state index >= 15 is 0 Å². The molecule has 0 bridgehead atoms. The Kier molecular flexibility index (Phi) is 4.67. The molecule has 5 nitrogen and oxygen atoms in total. The maximum atomic E-state index is 8.85. The lowest BCUT2D eigenvalue weighted by atomic mass is 10.0. The largest absolute Gasteiger partial charge is 0.326 e. The van der Waals surface area contributed by atoms with Crippen LogP contribution in [0, 0.1) is 17.2 Å². The number of aromatic nitrogens is 2. The van der Waals surface area contributed by atoms with Crippen molar-refractivity contribution in [1.29, 1.82) is 5.26 Å². The van der Waals surface area contributed by atoms with E-state index in [1.165, 1.54) is 0 Å². The average Bonchev–Trinajstić information content (AvgIpc) is 2.64. The molecular weight excluding hydrogens is 214 g/mol. The molecule has 0 saturated carbocycles. The van der Waals surface area contributed by atoms with E-state index in [9.17, 15) is 0 Å². The summed E-state index contributed by atoms with van der Waals surface area (Å²) < 4.78 is 1.77. The van der Waals surface area contributed by atoms with Gasteiger partial charge in [0.15, 0.2) is 0 Å². The third kappa shape index (κ3) is 3.55. The van der Waals surface area contributed by atoms with Crippen LogP contribution in [0.25, 0.3) is 0 Å². The number of hydrogen-bond donors (Lipinski definition) is 1. The molecule has 0 amide bonds. The van der Waals surface area contributed by atoms with E-state index in [0.29, 0.717) is 6.54 Å². The van der Waals surface area contributed by atoms with Gasteiger partial charge in [0.1, 0.15) is 0 Å². The van der Waals surface area contributed by atoms with Gasteiger partial charge in [-0.3, -0.25) is 9.58 Å². The highest BCUT2D eigenvalue weighted by atomic mass is 15.2. The molecule has 0 aliphatic rings. The fraction of sp³-hybridized carbons (Fsp3) is 0.667. The van der Waals surface area contributed by atoms with Crippen LogP contribution in [0.1, 0.15) is 25.5 Å². The molecular formula is C12H21N5. The van der Waals surface area contributed by atoms with Gasteiger partial charge in [0, 0.05) is 31.4 Å². The molecule has 17 heavy (non-hydrogen) atoms. The van der Waals surface area contributed by atoms with E-state index in [0.717, 1.165) is 5.56 Å². The van der Waals surface area contributed by atoms with Crippen LogP contribution in [0.5, 0.6) is 0 Å². The number of nitrogens with two attached hydrogens (primary N) is 1. The summed E-state index contributed by atoms with van der Waals surface area (Å²) in [6.07, 6.45) is 3.81. The van der Waals surface area contributed by atoms with Crippen LogP contribution in [0.15, 0.2) is 12.4 Å². The molecule has 0 spiro atoms. The zero-order valence-corrected chi connectivity index (χ0v) is 11.0. The molecule has 3 unspecified atom stereocenters. The first kappa shape index (κ1) is 13.7. The van der Waals surface area contributed by atoms with Crippen molar-refractivity contribution in [2.45, 2.75) is 25.9 Å². The summed E-state index contributed by atoms with van der Waals surface area (Å²) in [4.78, 5) is 2.12. The summed E-state index contributed by atoms with van der Waals surface area (Å²) in [7, 11) is 3.88. The third-order valence-corrected chi connectivity index (χ3v) is 2.82. The molecule has 94 valence electrons. The second kappa shape index (κ2) is 5.80. The molecule has 0 aliphatic carbocycles. The van der Waals surface area contributed by atoms with Crippen LogP contribution >= 0.6 is 0 Å². The van der Waals surface area contributed by atoms with Crippen LogP contribution in [0.3, 0.4) is 0 Å². The van der Waals surface area contributed by atoms with Crippen LogP contribution in [0.2, 0.25) is 0 Å². The molecule has 1 heterocycles. The van der Waals surface area contributed by atoms with Crippen LogP contribution in [-0.4, -0.2) is 34.3 Å². The summed E-state index contributed by atoms with van der Waals surface area (Å²) in [5, 5.41) is 13.0. The SMILES string of the molecule is CC(C#N)CN(C)C(c1cnn(C)c1)C(C)N. The molecule has 0 fully saturated rings. The Labute approximate surface area is 103 Å². The van der Waals surface area contributed by atoms with Crippen LogP contribution in [0.4, 0.5) is 0 Å². The second-order valence-corrected chi connectivity index (χ2v) is 4.72. The first-order chi connectivity index (χ1) is 7.95. The average molecular weight is 235 g/mol. The number of likely N-dealkylation sites (N-methyl/N-ethyl adjacent to an activating group) is 1. The first-order valence-corrected chi connectivity index (χ1v) is 5.79. The molecule has 0 aromatic carbocycles. The van der Waals surface area contributed by atoms with Crippen LogP contribution in [-0.2, 0) is 7.05 Å². The van der Waals surface area contributed by atoms with Crippen LogP contribution < -0.4 is 5.73 Å². The van der Waals surface area contributed by atoms with Crippen molar-refractivity contribution in [3.63, 3.8) is 0 Å². The number of hydrogen-bond acceptors (Lipinski definition) is 4.